The van der Waals surface area contributed by atoms with Crippen molar-refractivity contribution in [2.45, 2.75) is 18.5 Å². The minimum atomic E-state index is -1.06. The van der Waals surface area contributed by atoms with Gasteiger partial charge in [0.05, 0.1) is 0 Å². The van der Waals surface area contributed by atoms with Crippen molar-refractivity contribution in [3.63, 3.8) is 0 Å². The first-order chi connectivity index (χ1) is 4.74. The molecule has 2 N–H and O–H groups in total. The van der Waals surface area contributed by atoms with E-state index in [9.17, 15) is 4.39 Å². The van der Waals surface area contributed by atoms with Crippen LogP contribution in [0, 0.1) is 11.8 Å². The van der Waals surface area contributed by atoms with Crippen LogP contribution in [0.1, 0.15) is 12.8 Å². The van der Waals surface area contributed by atoms with Crippen LogP contribution in [0.15, 0.2) is 12.2 Å². The van der Waals surface area contributed by atoms with Crippen molar-refractivity contribution >= 4 is 0 Å². The fraction of sp³-hybridized carbons (Fsp3) is 0.750. The number of alkyl halides is 1. The molecule has 1 fully saturated rings. The normalized spacial score (nSPS) is 50.6. The predicted octanol–water partition coefficient (Wildman–Crippen LogP) is 1.25. The molecule has 1 nitrogen and oxygen atoms in total. The Labute approximate surface area is 60.1 Å². The van der Waals surface area contributed by atoms with Crippen LogP contribution < -0.4 is 5.73 Å². The van der Waals surface area contributed by atoms with E-state index in [0.29, 0.717) is 12.3 Å². The van der Waals surface area contributed by atoms with Gasteiger partial charge in [0.1, 0.15) is 5.67 Å². The van der Waals surface area contributed by atoms with Crippen molar-refractivity contribution in [1.29, 1.82) is 0 Å². The quantitative estimate of drug-likeness (QED) is 0.546. The third kappa shape index (κ3) is 0.655. The Morgan fingerprint density at radius 3 is 2.70 bits per heavy atom. The van der Waals surface area contributed by atoms with Gasteiger partial charge in [-0.05, 0) is 18.8 Å². The summed E-state index contributed by atoms with van der Waals surface area (Å²) in [6.07, 6.45) is 5.76. The molecule has 0 aromatic heterocycles. The third-order valence-electron chi connectivity index (χ3n) is 2.78. The van der Waals surface area contributed by atoms with E-state index < -0.39 is 5.67 Å². The van der Waals surface area contributed by atoms with Crippen LogP contribution in [0.4, 0.5) is 4.39 Å². The fourth-order valence-electron chi connectivity index (χ4n) is 2.13. The summed E-state index contributed by atoms with van der Waals surface area (Å²) in [5.74, 6) is 0.612. The molecule has 0 aromatic rings. The first kappa shape index (κ1) is 6.35. The second-order valence-corrected chi connectivity index (χ2v) is 3.43. The Morgan fingerprint density at radius 1 is 1.60 bits per heavy atom. The maximum atomic E-state index is 13.6. The number of nitrogens with two attached hydrogens (primary N) is 1. The van der Waals surface area contributed by atoms with E-state index in [2.05, 4.69) is 6.08 Å². The minimum Gasteiger partial charge on any atom is -0.328 e. The lowest BCUT2D eigenvalue weighted by Crippen LogP contribution is -2.36. The summed E-state index contributed by atoms with van der Waals surface area (Å²) in [4.78, 5) is 0. The van der Waals surface area contributed by atoms with Gasteiger partial charge in [-0.15, -0.1) is 0 Å². The molecular weight excluding hydrogens is 129 g/mol. The van der Waals surface area contributed by atoms with Crippen molar-refractivity contribution in [1.82, 2.24) is 0 Å². The van der Waals surface area contributed by atoms with Gasteiger partial charge in [-0.2, -0.15) is 0 Å². The largest absolute Gasteiger partial charge is 0.328 e. The highest BCUT2D eigenvalue weighted by molar-refractivity contribution is 5.17. The van der Waals surface area contributed by atoms with Crippen LogP contribution in [0.3, 0.4) is 0 Å². The number of hydrogen-bond donors (Lipinski definition) is 1. The van der Waals surface area contributed by atoms with Gasteiger partial charge < -0.3 is 5.73 Å². The molecule has 3 unspecified atom stereocenters. The Kier molecular flexibility index (Phi) is 1.15. The van der Waals surface area contributed by atoms with Crippen LogP contribution >= 0.6 is 0 Å². The average Bonchev–Trinajstić information content (AvgIpc) is 2.46. The molecule has 2 bridgehead atoms. The second kappa shape index (κ2) is 1.82. The Hall–Kier alpha value is -0.370. The number of allylic oxidation sites excluding steroid dienone is 2. The van der Waals surface area contributed by atoms with Gasteiger partial charge in [-0.3, -0.25) is 0 Å². The van der Waals surface area contributed by atoms with Crippen molar-refractivity contribution < 1.29 is 4.39 Å². The van der Waals surface area contributed by atoms with Crippen molar-refractivity contribution in [3.8, 4) is 0 Å². The highest BCUT2D eigenvalue weighted by Gasteiger charge is 2.47. The van der Waals surface area contributed by atoms with E-state index in [4.69, 9.17) is 5.73 Å². The molecule has 0 radical (unpaired) electrons. The molecule has 10 heavy (non-hydrogen) atoms. The van der Waals surface area contributed by atoms with Crippen LogP contribution in [-0.2, 0) is 0 Å². The first-order valence-electron chi connectivity index (χ1n) is 3.82. The Balaban J connectivity index is 2.22. The number of fused-ring (bicyclic) bond motifs is 2. The maximum Gasteiger partial charge on any atom is 0.130 e. The van der Waals surface area contributed by atoms with Gasteiger partial charge in [0.2, 0.25) is 0 Å². The van der Waals surface area contributed by atoms with Gasteiger partial charge in [0.15, 0.2) is 0 Å². The molecule has 1 saturated carbocycles. The highest BCUT2D eigenvalue weighted by Crippen LogP contribution is 2.47. The molecule has 2 heteroatoms. The molecule has 3 atom stereocenters. The lowest BCUT2D eigenvalue weighted by atomic mass is 9.90. The highest BCUT2D eigenvalue weighted by atomic mass is 19.1. The van der Waals surface area contributed by atoms with E-state index in [-0.39, 0.29) is 12.5 Å². The molecular formula is C8H12FN. The van der Waals surface area contributed by atoms with Crippen LogP contribution in [0.5, 0.6) is 0 Å². The van der Waals surface area contributed by atoms with Crippen LogP contribution in [0.25, 0.3) is 0 Å². The lowest BCUT2D eigenvalue weighted by molar-refractivity contribution is 0.138. The summed E-state index contributed by atoms with van der Waals surface area (Å²) in [7, 11) is 0. The first-order valence-corrected chi connectivity index (χ1v) is 3.82. The minimum absolute atomic E-state index is 0.127. The fourth-order valence-corrected chi connectivity index (χ4v) is 2.13. The summed E-state index contributed by atoms with van der Waals surface area (Å²) >= 11 is 0. The SMILES string of the molecule is NCC1(F)CC2C=CC1C2. The Morgan fingerprint density at radius 2 is 2.40 bits per heavy atom. The molecule has 0 aromatic carbocycles. The van der Waals surface area contributed by atoms with Crippen molar-refractivity contribution in [3.05, 3.63) is 12.2 Å². The summed E-state index contributed by atoms with van der Waals surface area (Å²) in [6.45, 7) is 0.193. The average molecular weight is 141 g/mol. The molecule has 2 rings (SSSR count). The van der Waals surface area contributed by atoms with E-state index in [1.54, 1.807) is 0 Å². The summed E-state index contributed by atoms with van der Waals surface area (Å²) in [6, 6.07) is 0. The Bertz CT molecular complexity index is 178. The number of halogens is 1. The number of hydrogen-bond acceptors (Lipinski definition) is 1. The van der Waals surface area contributed by atoms with Gasteiger partial charge >= 0.3 is 0 Å². The van der Waals surface area contributed by atoms with Gasteiger partial charge in [0.25, 0.3) is 0 Å². The molecule has 2 aliphatic rings. The zero-order valence-electron chi connectivity index (χ0n) is 5.89. The van der Waals surface area contributed by atoms with Crippen molar-refractivity contribution in [2.24, 2.45) is 17.6 Å². The van der Waals surface area contributed by atoms with Crippen molar-refractivity contribution in [2.75, 3.05) is 6.54 Å². The van der Waals surface area contributed by atoms with E-state index in [0.717, 1.165) is 6.42 Å². The zero-order chi connectivity index (χ0) is 7.19. The molecule has 2 aliphatic carbocycles. The molecule has 0 spiro atoms. The molecule has 0 heterocycles. The van der Waals surface area contributed by atoms with Gasteiger partial charge in [-0.1, -0.05) is 12.2 Å². The van der Waals surface area contributed by atoms with Crippen LogP contribution in [0.2, 0.25) is 0 Å². The molecule has 56 valence electrons. The third-order valence-corrected chi connectivity index (χ3v) is 2.78. The lowest BCUT2D eigenvalue weighted by Gasteiger charge is -2.24. The smallest absolute Gasteiger partial charge is 0.130 e. The van der Waals surface area contributed by atoms with Gasteiger partial charge in [-0.25, -0.2) is 4.39 Å². The summed E-state index contributed by atoms with van der Waals surface area (Å²) < 4.78 is 13.6. The van der Waals surface area contributed by atoms with E-state index in [1.807, 2.05) is 6.08 Å². The summed E-state index contributed by atoms with van der Waals surface area (Å²) in [5.41, 5.74) is 4.29. The van der Waals surface area contributed by atoms with Crippen LogP contribution in [-0.4, -0.2) is 12.2 Å². The topological polar surface area (TPSA) is 26.0 Å². The van der Waals surface area contributed by atoms with E-state index >= 15 is 0 Å². The summed E-state index contributed by atoms with van der Waals surface area (Å²) in [5, 5.41) is 0. The van der Waals surface area contributed by atoms with E-state index in [1.165, 1.54) is 0 Å². The monoisotopic (exact) mass is 141 g/mol. The standard InChI is InChI=1S/C8H12FN/c9-8(5-10)4-6-1-2-7(8)3-6/h1-2,6-7H,3-5,10H2. The molecule has 0 aliphatic heterocycles. The maximum absolute atomic E-state index is 13.6. The second-order valence-electron chi connectivity index (χ2n) is 3.43. The van der Waals surface area contributed by atoms with Gasteiger partial charge in [0, 0.05) is 12.5 Å². The molecule has 0 amide bonds. The molecule has 0 saturated heterocycles. The predicted molar refractivity (Wildman–Crippen MR) is 38.2 cm³/mol. The zero-order valence-corrected chi connectivity index (χ0v) is 5.89. The number of rotatable bonds is 1.